The van der Waals surface area contributed by atoms with Crippen molar-refractivity contribution in [2.24, 2.45) is 0 Å². The van der Waals surface area contributed by atoms with Crippen molar-refractivity contribution in [1.29, 1.82) is 0 Å². The van der Waals surface area contributed by atoms with Crippen molar-refractivity contribution in [3.8, 4) is 0 Å². The van der Waals surface area contributed by atoms with Crippen molar-refractivity contribution in [3.05, 3.63) is 59.2 Å². The highest BCUT2D eigenvalue weighted by Crippen LogP contribution is 2.32. The van der Waals surface area contributed by atoms with Crippen molar-refractivity contribution in [3.63, 3.8) is 0 Å². The number of benzene rings is 2. The van der Waals surface area contributed by atoms with Crippen LogP contribution in [0.5, 0.6) is 0 Å². The van der Waals surface area contributed by atoms with E-state index in [1.807, 2.05) is 24.4 Å². The van der Waals surface area contributed by atoms with Crippen LogP contribution in [0.2, 0.25) is 0 Å². The van der Waals surface area contributed by atoms with E-state index >= 15 is 0 Å². The van der Waals surface area contributed by atoms with E-state index in [0.717, 1.165) is 21.0 Å². The summed E-state index contributed by atoms with van der Waals surface area (Å²) in [5.74, 6) is 0. The lowest BCUT2D eigenvalue weighted by Gasteiger charge is -2.02. The molecule has 0 saturated carbocycles. The Morgan fingerprint density at radius 3 is 2.44 bits per heavy atom. The van der Waals surface area contributed by atoms with Crippen LogP contribution < -0.4 is 0 Å². The monoisotopic (exact) mass is 296 g/mol. The maximum atomic E-state index is 4.51. The lowest BCUT2D eigenvalue weighted by atomic mass is 10.2. The maximum Gasteiger partial charge on any atom is 0.0871 e. The van der Waals surface area contributed by atoms with Crippen molar-refractivity contribution in [2.75, 3.05) is 0 Å². The summed E-state index contributed by atoms with van der Waals surface area (Å²) < 4.78 is 3.36. The van der Waals surface area contributed by atoms with Crippen LogP contribution in [-0.2, 0) is 0 Å². The molecule has 0 N–H and O–H groups in total. The average Bonchev–Trinajstić information content (AvgIpc) is 2.73. The molecule has 2 nitrogen and oxygen atoms in total. The first-order valence-corrected chi connectivity index (χ1v) is 6.58. The van der Waals surface area contributed by atoms with Gasteiger partial charge >= 0.3 is 0 Å². The van der Waals surface area contributed by atoms with Crippen molar-refractivity contribution in [2.45, 2.75) is 0 Å². The van der Waals surface area contributed by atoms with Gasteiger partial charge in [-0.2, -0.15) is 0 Å². The molecule has 0 spiro atoms. The van der Waals surface area contributed by atoms with Gasteiger partial charge in [-0.05, 0) is 34.1 Å². The van der Waals surface area contributed by atoms with Gasteiger partial charge in [0.25, 0.3) is 0 Å². The fourth-order valence-corrected chi connectivity index (χ4v) is 3.10. The number of nitrogens with zero attached hydrogens (tertiary/aromatic N) is 2. The number of hydrogen-bond donors (Lipinski definition) is 0. The molecule has 0 unspecified atom stereocenters. The highest BCUT2D eigenvalue weighted by molar-refractivity contribution is 9.10. The number of rotatable bonds is 0. The number of halogens is 1. The van der Waals surface area contributed by atoms with Gasteiger partial charge in [0.15, 0.2) is 0 Å². The summed E-state index contributed by atoms with van der Waals surface area (Å²) in [7, 11) is 0. The van der Waals surface area contributed by atoms with E-state index < -0.39 is 0 Å². The molecule has 0 aliphatic carbocycles. The Morgan fingerprint density at radius 2 is 1.56 bits per heavy atom. The normalized spacial score (nSPS) is 11.6. The molecule has 0 radical (unpaired) electrons. The number of para-hydroxylation sites is 3. The minimum absolute atomic E-state index is 1.01. The van der Waals surface area contributed by atoms with Crippen LogP contribution in [0, 0.1) is 0 Å². The predicted octanol–water partition coefficient (Wildman–Crippen LogP) is 4.40. The molecule has 4 rings (SSSR count). The summed E-state index contributed by atoms with van der Waals surface area (Å²) in [6.07, 6.45) is 1.92. The van der Waals surface area contributed by atoms with E-state index in [0.29, 0.717) is 0 Å². The lowest BCUT2D eigenvalue weighted by molar-refractivity contribution is 1.27. The highest BCUT2D eigenvalue weighted by atomic mass is 79.9. The molecule has 0 bridgehead atoms. The molecule has 4 aromatic rings. The summed E-state index contributed by atoms with van der Waals surface area (Å²) >= 11 is 3.68. The van der Waals surface area contributed by atoms with E-state index in [2.05, 4.69) is 55.6 Å². The van der Waals surface area contributed by atoms with Gasteiger partial charge in [0.2, 0.25) is 0 Å². The molecule has 0 aliphatic heterocycles. The fraction of sp³-hybridized carbons (Fsp3) is 0. The van der Waals surface area contributed by atoms with Gasteiger partial charge in [0.05, 0.1) is 32.7 Å². The summed E-state index contributed by atoms with van der Waals surface area (Å²) in [5, 5.41) is 1.22. The first-order chi connectivity index (χ1) is 8.86. The van der Waals surface area contributed by atoms with Crippen LogP contribution in [0.4, 0.5) is 0 Å². The zero-order chi connectivity index (χ0) is 12.1. The molecule has 0 atom stereocenters. The molecule has 2 aromatic heterocycles. The number of aromatic nitrogens is 2. The third-order valence-corrected chi connectivity index (χ3v) is 4.13. The van der Waals surface area contributed by atoms with Gasteiger partial charge in [-0.3, -0.25) is 4.98 Å². The second-order valence-electron chi connectivity index (χ2n) is 4.30. The Bertz CT molecular complexity index is 893. The molecule has 0 aliphatic rings. The Morgan fingerprint density at radius 1 is 0.833 bits per heavy atom. The third-order valence-electron chi connectivity index (χ3n) is 3.30. The summed E-state index contributed by atoms with van der Waals surface area (Å²) in [4.78, 5) is 4.51. The third kappa shape index (κ3) is 1.20. The summed E-state index contributed by atoms with van der Waals surface area (Å²) in [6, 6.07) is 16.6. The molecule has 0 fully saturated rings. The van der Waals surface area contributed by atoms with Gasteiger partial charge in [-0.1, -0.05) is 30.3 Å². The van der Waals surface area contributed by atoms with Crippen LogP contribution in [0.1, 0.15) is 0 Å². The quantitative estimate of drug-likeness (QED) is 0.470. The van der Waals surface area contributed by atoms with Crippen LogP contribution in [0.15, 0.2) is 59.2 Å². The molecule has 2 heterocycles. The second kappa shape index (κ2) is 3.56. The topological polar surface area (TPSA) is 17.3 Å². The molecule has 18 heavy (non-hydrogen) atoms. The maximum absolute atomic E-state index is 4.51. The fourth-order valence-electron chi connectivity index (χ4n) is 2.49. The summed E-state index contributed by atoms with van der Waals surface area (Å²) in [6.45, 7) is 0. The smallest absolute Gasteiger partial charge is 0.0871 e. The zero-order valence-corrected chi connectivity index (χ0v) is 11.1. The Hall–Kier alpha value is -1.87. The van der Waals surface area contributed by atoms with Gasteiger partial charge < -0.3 is 4.40 Å². The van der Waals surface area contributed by atoms with E-state index in [9.17, 15) is 0 Å². The van der Waals surface area contributed by atoms with Gasteiger partial charge in [-0.25, -0.2) is 0 Å². The first-order valence-electron chi connectivity index (χ1n) is 5.78. The predicted molar refractivity (Wildman–Crippen MR) is 77.9 cm³/mol. The molecule has 86 valence electrons. The Balaban J connectivity index is 2.41. The van der Waals surface area contributed by atoms with Gasteiger partial charge in [0, 0.05) is 5.39 Å². The van der Waals surface area contributed by atoms with E-state index in [1.165, 1.54) is 10.9 Å². The number of fused-ring (bicyclic) bond motifs is 5. The Kier molecular flexibility index (Phi) is 2.00. The van der Waals surface area contributed by atoms with E-state index in [4.69, 9.17) is 0 Å². The second-order valence-corrected chi connectivity index (χ2v) is 5.09. The molecular formula is C15H9BrN2. The van der Waals surface area contributed by atoms with Crippen LogP contribution >= 0.6 is 15.9 Å². The van der Waals surface area contributed by atoms with Crippen molar-refractivity contribution in [1.82, 2.24) is 9.38 Å². The van der Waals surface area contributed by atoms with E-state index in [-0.39, 0.29) is 0 Å². The molecular weight excluding hydrogens is 288 g/mol. The highest BCUT2D eigenvalue weighted by Gasteiger charge is 2.11. The van der Waals surface area contributed by atoms with Crippen LogP contribution in [-0.4, -0.2) is 9.38 Å². The van der Waals surface area contributed by atoms with Crippen LogP contribution in [0.25, 0.3) is 27.5 Å². The minimum atomic E-state index is 1.01. The van der Waals surface area contributed by atoms with Crippen molar-refractivity contribution < 1.29 is 0 Å². The molecule has 2 aromatic carbocycles. The van der Waals surface area contributed by atoms with Gasteiger partial charge in [-0.15, -0.1) is 0 Å². The lowest BCUT2D eigenvalue weighted by Crippen LogP contribution is -1.89. The molecule has 0 amide bonds. The molecule has 3 heteroatoms. The van der Waals surface area contributed by atoms with Gasteiger partial charge in [0.1, 0.15) is 0 Å². The largest absolute Gasteiger partial charge is 0.305 e. The Labute approximate surface area is 112 Å². The van der Waals surface area contributed by atoms with Crippen LogP contribution in [0.3, 0.4) is 0 Å². The first kappa shape index (κ1) is 10.1. The standard InChI is InChI=1S/C15H9BrN2/c16-15-10-5-1-3-7-12(10)18-13-8-4-2-6-11(13)17-9-14(15)18/h1-9H. The summed E-state index contributed by atoms with van der Waals surface area (Å²) in [5.41, 5.74) is 4.46. The zero-order valence-electron chi connectivity index (χ0n) is 9.47. The average molecular weight is 297 g/mol. The van der Waals surface area contributed by atoms with E-state index in [1.54, 1.807) is 0 Å². The molecule has 0 saturated heterocycles. The SMILES string of the molecule is Brc1c2ccccc2n2c1cnc1ccccc12. The number of hydrogen-bond acceptors (Lipinski definition) is 1. The minimum Gasteiger partial charge on any atom is -0.305 e. The van der Waals surface area contributed by atoms with Crippen molar-refractivity contribution >= 4 is 43.4 Å².